The number of aryl methyl sites for hydroxylation is 1. The van der Waals surface area contributed by atoms with Crippen molar-refractivity contribution in [1.82, 2.24) is 0 Å². The first-order valence-corrected chi connectivity index (χ1v) is 6.63. The van der Waals surface area contributed by atoms with Crippen molar-refractivity contribution in [3.05, 3.63) is 34.9 Å². The molecule has 1 heterocycles. The summed E-state index contributed by atoms with van der Waals surface area (Å²) in [5.74, 6) is -1.82. The molecule has 2 rings (SSSR count). The fourth-order valence-corrected chi connectivity index (χ4v) is 2.69. The van der Waals surface area contributed by atoms with Gasteiger partial charge in [-0.25, -0.2) is 8.78 Å². The van der Waals surface area contributed by atoms with Crippen molar-refractivity contribution in [3.63, 3.8) is 0 Å². The molecule has 106 valence electrons. The van der Waals surface area contributed by atoms with E-state index in [-0.39, 0.29) is 24.0 Å². The molecular weight excluding hydrogens is 250 g/mol. The van der Waals surface area contributed by atoms with Gasteiger partial charge in [-0.05, 0) is 25.8 Å². The van der Waals surface area contributed by atoms with Crippen LogP contribution in [0, 0.1) is 18.6 Å². The van der Waals surface area contributed by atoms with Crippen LogP contribution >= 0.6 is 0 Å². The van der Waals surface area contributed by atoms with Crippen LogP contribution in [-0.4, -0.2) is 17.3 Å². The number of halogens is 2. The fourth-order valence-electron chi connectivity index (χ4n) is 2.69. The van der Waals surface area contributed by atoms with Crippen molar-refractivity contribution < 1.29 is 18.6 Å². The van der Waals surface area contributed by atoms with Crippen molar-refractivity contribution >= 4 is 0 Å². The first-order chi connectivity index (χ1) is 8.81. The monoisotopic (exact) mass is 270 g/mol. The molecule has 0 amide bonds. The lowest BCUT2D eigenvalue weighted by molar-refractivity contribution is -0.158. The molecule has 2 unspecified atom stereocenters. The van der Waals surface area contributed by atoms with Crippen molar-refractivity contribution in [2.45, 2.75) is 51.2 Å². The van der Waals surface area contributed by atoms with Gasteiger partial charge < -0.3 is 9.84 Å². The highest BCUT2D eigenvalue weighted by molar-refractivity contribution is 5.30. The third kappa shape index (κ3) is 2.51. The number of ether oxygens (including phenoxy) is 1. The molecule has 19 heavy (non-hydrogen) atoms. The van der Waals surface area contributed by atoms with E-state index < -0.39 is 22.8 Å². The van der Waals surface area contributed by atoms with E-state index in [1.165, 1.54) is 19.1 Å². The second kappa shape index (κ2) is 4.84. The predicted molar refractivity (Wildman–Crippen MR) is 68.9 cm³/mol. The maximum absolute atomic E-state index is 14.1. The first kappa shape index (κ1) is 14.4. The number of rotatable bonds is 2. The van der Waals surface area contributed by atoms with Crippen molar-refractivity contribution in [2.24, 2.45) is 0 Å². The summed E-state index contributed by atoms with van der Waals surface area (Å²) >= 11 is 0. The minimum Gasteiger partial charge on any atom is -0.385 e. The Bertz CT molecular complexity index is 489. The summed E-state index contributed by atoms with van der Waals surface area (Å²) < 4.78 is 33.4. The van der Waals surface area contributed by atoms with Crippen LogP contribution in [0.2, 0.25) is 0 Å². The Morgan fingerprint density at radius 3 is 2.63 bits per heavy atom. The lowest BCUT2D eigenvalue weighted by Gasteiger charge is -2.43. The van der Waals surface area contributed by atoms with E-state index in [0.29, 0.717) is 13.0 Å². The minimum atomic E-state index is -1.36. The molecule has 0 aliphatic carbocycles. The lowest BCUT2D eigenvalue weighted by atomic mass is 9.77. The Morgan fingerprint density at radius 1 is 1.32 bits per heavy atom. The number of hydrogen-bond acceptors (Lipinski definition) is 2. The van der Waals surface area contributed by atoms with Crippen LogP contribution in [0.15, 0.2) is 12.1 Å². The zero-order valence-corrected chi connectivity index (χ0v) is 11.6. The second-order valence-corrected chi connectivity index (χ2v) is 5.67. The topological polar surface area (TPSA) is 29.5 Å². The molecule has 0 spiro atoms. The summed E-state index contributed by atoms with van der Waals surface area (Å²) in [5, 5.41) is 10.7. The highest BCUT2D eigenvalue weighted by Gasteiger charge is 2.44. The highest BCUT2D eigenvalue weighted by atomic mass is 19.2. The van der Waals surface area contributed by atoms with E-state index in [0.717, 1.165) is 0 Å². The summed E-state index contributed by atoms with van der Waals surface area (Å²) in [6.45, 7) is 5.69. The molecule has 4 heteroatoms. The predicted octanol–water partition coefficient (Wildman–Crippen LogP) is 3.44. The van der Waals surface area contributed by atoms with Crippen LogP contribution < -0.4 is 0 Å². The molecule has 0 bridgehead atoms. The van der Waals surface area contributed by atoms with Crippen molar-refractivity contribution in [1.29, 1.82) is 0 Å². The second-order valence-electron chi connectivity index (χ2n) is 5.67. The summed E-state index contributed by atoms with van der Waals surface area (Å²) in [5.41, 5.74) is -1.57. The van der Waals surface area contributed by atoms with Crippen LogP contribution in [0.4, 0.5) is 8.78 Å². The van der Waals surface area contributed by atoms with Gasteiger partial charge in [0.25, 0.3) is 0 Å². The number of hydrogen-bond donors (Lipinski definition) is 1. The van der Waals surface area contributed by atoms with Gasteiger partial charge in [0.2, 0.25) is 0 Å². The third-order valence-electron chi connectivity index (χ3n) is 4.16. The molecule has 1 aromatic carbocycles. The molecule has 1 fully saturated rings. The molecule has 0 saturated carbocycles. The Kier molecular flexibility index (Phi) is 3.67. The molecule has 2 nitrogen and oxygen atoms in total. The highest BCUT2D eigenvalue weighted by Crippen LogP contribution is 2.42. The summed E-state index contributed by atoms with van der Waals surface area (Å²) in [6.07, 6.45) is 1.27. The van der Waals surface area contributed by atoms with Gasteiger partial charge in [0.05, 0.1) is 17.8 Å². The first-order valence-electron chi connectivity index (χ1n) is 6.63. The zero-order chi connectivity index (χ0) is 14.3. The fraction of sp³-hybridized carbons (Fsp3) is 0.600. The molecule has 0 aromatic heterocycles. The largest absolute Gasteiger partial charge is 0.385 e. The van der Waals surface area contributed by atoms with E-state index in [1.54, 1.807) is 0 Å². The number of aliphatic hydroxyl groups is 1. The zero-order valence-electron chi connectivity index (χ0n) is 11.6. The molecule has 1 N–H and O–H groups in total. The summed E-state index contributed by atoms with van der Waals surface area (Å²) in [6, 6.07) is 2.99. The molecule has 0 radical (unpaired) electrons. The van der Waals surface area contributed by atoms with Gasteiger partial charge in [0.15, 0.2) is 11.6 Å². The van der Waals surface area contributed by atoms with Gasteiger partial charge in [-0.1, -0.05) is 19.1 Å². The normalized spacial score (nSPS) is 31.5. The van der Waals surface area contributed by atoms with E-state index in [1.807, 2.05) is 13.8 Å². The Morgan fingerprint density at radius 2 is 2.00 bits per heavy atom. The van der Waals surface area contributed by atoms with E-state index in [9.17, 15) is 13.9 Å². The van der Waals surface area contributed by atoms with Gasteiger partial charge in [-0.15, -0.1) is 0 Å². The van der Waals surface area contributed by atoms with E-state index in [2.05, 4.69) is 0 Å². The SMILES string of the molecule is CCC1(C)CC(O)(c2ccc(C)c(F)c2F)CCO1. The maximum Gasteiger partial charge on any atom is 0.165 e. The van der Waals surface area contributed by atoms with Crippen molar-refractivity contribution in [3.8, 4) is 0 Å². The van der Waals surface area contributed by atoms with Gasteiger partial charge in [-0.3, -0.25) is 0 Å². The van der Waals surface area contributed by atoms with Crippen LogP contribution in [-0.2, 0) is 10.3 Å². The quantitative estimate of drug-likeness (QED) is 0.892. The molecule has 2 atom stereocenters. The molecule has 1 aliphatic heterocycles. The van der Waals surface area contributed by atoms with Gasteiger partial charge in [0, 0.05) is 18.4 Å². The minimum absolute atomic E-state index is 0.0403. The van der Waals surface area contributed by atoms with E-state index >= 15 is 0 Å². The Hall–Kier alpha value is -1.00. The number of benzene rings is 1. The standard InChI is InChI=1S/C15H20F2O2/c1-4-14(3)9-15(18,7-8-19-14)11-6-5-10(2)12(16)13(11)17/h5-6,18H,4,7-9H2,1-3H3. The van der Waals surface area contributed by atoms with Crippen LogP contribution in [0.1, 0.15) is 44.2 Å². The lowest BCUT2D eigenvalue weighted by Crippen LogP contribution is -2.45. The van der Waals surface area contributed by atoms with Crippen LogP contribution in [0.5, 0.6) is 0 Å². The smallest absolute Gasteiger partial charge is 0.165 e. The summed E-state index contributed by atoms with van der Waals surface area (Å²) in [7, 11) is 0. The molecule has 1 saturated heterocycles. The van der Waals surface area contributed by atoms with Gasteiger partial charge in [-0.2, -0.15) is 0 Å². The summed E-state index contributed by atoms with van der Waals surface area (Å²) in [4.78, 5) is 0. The average Bonchev–Trinajstić information content (AvgIpc) is 2.35. The van der Waals surface area contributed by atoms with Crippen LogP contribution in [0.3, 0.4) is 0 Å². The van der Waals surface area contributed by atoms with Gasteiger partial charge >= 0.3 is 0 Å². The Labute approximate surface area is 112 Å². The van der Waals surface area contributed by atoms with Crippen LogP contribution in [0.25, 0.3) is 0 Å². The average molecular weight is 270 g/mol. The molecule has 1 aromatic rings. The molecular formula is C15H20F2O2. The van der Waals surface area contributed by atoms with Crippen molar-refractivity contribution in [2.75, 3.05) is 6.61 Å². The third-order valence-corrected chi connectivity index (χ3v) is 4.16. The Balaban J connectivity index is 2.42. The maximum atomic E-state index is 14.1. The van der Waals surface area contributed by atoms with Gasteiger partial charge in [0.1, 0.15) is 0 Å². The molecule has 1 aliphatic rings. The van der Waals surface area contributed by atoms with E-state index in [4.69, 9.17) is 4.74 Å².